The van der Waals surface area contributed by atoms with E-state index in [-0.39, 0.29) is 42.3 Å². The lowest BCUT2D eigenvalue weighted by Gasteiger charge is -2.26. The lowest BCUT2D eigenvalue weighted by atomic mass is 10.1. The number of nitrogens with zero attached hydrogens (tertiary/aromatic N) is 2. The van der Waals surface area contributed by atoms with Crippen molar-refractivity contribution in [1.29, 1.82) is 0 Å². The molecule has 1 atom stereocenters. The number of hydrogen-bond donors (Lipinski definition) is 3. The van der Waals surface area contributed by atoms with Gasteiger partial charge in [0.15, 0.2) is 5.96 Å². The van der Waals surface area contributed by atoms with Gasteiger partial charge in [-0.1, -0.05) is 26.0 Å². The topological polar surface area (TPSA) is 85.8 Å². The summed E-state index contributed by atoms with van der Waals surface area (Å²) in [5.74, 6) is 1.08. The molecule has 1 aliphatic heterocycles. The summed E-state index contributed by atoms with van der Waals surface area (Å²) < 4.78 is 0. The Morgan fingerprint density at radius 2 is 1.93 bits per heavy atom. The van der Waals surface area contributed by atoms with E-state index in [1.165, 1.54) is 0 Å². The van der Waals surface area contributed by atoms with Gasteiger partial charge >= 0.3 is 0 Å². The summed E-state index contributed by atoms with van der Waals surface area (Å²) in [6.07, 6.45) is 0. The second-order valence-corrected chi connectivity index (χ2v) is 7.15. The Kier molecular flexibility index (Phi) is 10.3. The molecule has 2 amide bonds. The van der Waals surface area contributed by atoms with Crippen LogP contribution in [0.3, 0.4) is 0 Å². The predicted octanol–water partition coefficient (Wildman–Crippen LogP) is 1.98. The van der Waals surface area contributed by atoms with Crippen LogP contribution in [0.4, 0.5) is 0 Å². The molecule has 3 N–H and O–H groups in total. The zero-order valence-corrected chi connectivity index (χ0v) is 19.4. The minimum Gasteiger partial charge on any atom is -0.357 e. The first-order valence-corrected chi connectivity index (χ1v) is 9.60. The molecular formula is C20H32IN5O2. The molecule has 0 spiro atoms. The number of halogens is 1. The second kappa shape index (κ2) is 11.9. The highest BCUT2D eigenvalue weighted by molar-refractivity contribution is 14.0. The number of carbonyl (C=O) groups excluding carboxylic acids is 2. The fraction of sp³-hybridized carbons (Fsp3) is 0.550. The first-order valence-electron chi connectivity index (χ1n) is 9.60. The lowest BCUT2D eigenvalue weighted by Crippen LogP contribution is -2.49. The number of carbonyl (C=O) groups is 2. The van der Waals surface area contributed by atoms with Crippen molar-refractivity contribution < 1.29 is 9.59 Å². The third kappa shape index (κ3) is 7.29. The summed E-state index contributed by atoms with van der Waals surface area (Å²) in [5, 5.41) is 9.39. The van der Waals surface area contributed by atoms with E-state index in [0.29, 0.717) is 37.2 Å². The Morgan fingerprint density at radius 3 is 2.50 bits per heavy atom. The molecule has 0 saturated carbocycles. The molecular weight excluding hydrogens is 469 g/mol. The largest absolute Gasteiger partial charge is 0.357 e. The van der Waals surface area contributed by atoms with Crippen LogP contribution in [0, 0.1) is 5.92 Å². The minimum absolute atomic E-state index is 0. The molecule has 0 aliphatic carbocycles. The SMILES string of the molecule is CCNC(=NCc1ccc(C(=O)N2CCNC(=O)C2)cc1)NC(C)C(C)C.I. The third-order valence-corrected chi connectivity index (χ3v) is 4.65. The summed E-state index contributed by atoms with van der Waals surface area (Å²) >= 11 is 0. The van der Waals surface area contributed by atoms with E-state index in [1.54, 1.807) is 17.0 Å². The molecule has 1 aliphatic rings. The van der Waals surface area contributed by atoms with E-state index in [1.807, 2.05) is 19.1 Å². The fourth-order valence-corrected chi connectivity index (χ4v) is 2.62. The molecule has 8 heteroatoms. The number of amides is 2. The molecule has 1 fully saturated rings. The van der Waals surface area contributed by atoms with Gasteiger partial charge in [0.1, 0.15) is 0 Å². The van der Waals surface area contributed by atoms with Crippen LogP contribution in [0.15, 0.2) is 29.3 Å². The number of benzene rings is 1. The molecule has 1 aromatic carbocycles. The first-order chi connectivity index (χ1) is 12.9. The zero-order valence-electron chi connectivity index (χ0n) is 17.1. The highest BCUT2D eigenvalue weighted by Gasteiger charge is 2.22. The molecule has 1 saturated heterocycles. The highest BCUT2D eigenvalue weighted by Crippen LogP contribution is 2.10. The summed E-state index contributed by atoms with van der Waals surface area (Å²) in [6.45, 7) is 11.0. The van der Waals surface area contributed by atoms with Crippen LogP contribution in [-0.2, 0) is 11.3 Å². The Balaban J connectivity index is 0.00000392. The smallest absolute Gasteiger partial charge is 0.254 e. The van der Waals surface area contributed by atoms with Gasteiger partial charge in [0.25, 0.3) is 5.91 Å². The molecule has 7 nitrogen and oxygen atoms in total. The molecule has 0 radical (unpaired) electrons. The van der Waals surface area contributed by atoms with Crippen molar-refractivity contribution in [2.45, 2.75) is 40.3 Å². The van der Waals surface area contributed by atoms with Gasteiger partial charge in [0.05, 0.1) is 13.1 Å². The number of rotatable bonds is 6. The standard InChI is InChI=1S/C20H31N5O2.HI/c1-5-21-20(24-15(4)14(2)3)23-12-16-6-8-17(9-7-16)19(27)25-11-10-22-18(26)13-25;/h6-9,14-15H,5,10-13H2,1-4H3,(H,22,26)(H2,21,23,24);1H. The van der Waals surface area contributed by atoms with Crippen LogP contribution >= 0.6 is 24.0 Å². The maximum atomic E-state index is 12.5. The quantitative estimate of drug-likeness (QED) is 0.316. The van der Waals surface area contributed by atoms with Crippen LogP contribution in [0.2, 0.25) is 0 Å². The van der Waals surface area contributed by atoms with Crippen molar-refractivity contribution >= 4 is 41.8 Å². The lowest BCUT2D eigenvalue weighted by molar-refractivity contribution is -0.123. The van der Waals surface area contributed by atoms with Crippen molar-refractivity contribution in [3.8, 4) is 0 Å². The molecule has 1 aromatic rings. The van der Waals surface area contributed by atoms with Crippen molar-refractivity contribution in [2.75, 3.05) is 26.2 Å². The van der Waals surface area contributed by atoms with Crippen molar-refractivity contribution in [2.24, 2.45) is 10.9 Å². The van der Waals surface area contributed by atoms with Crippen molar-refractivity contribution in [1.82, 2.24) is 20.9 Å². The van der Waals surface area contributed by atoms with E-state index in [0.717, 1.165) is 18.1 Å². The van der Waals surface area contributed by atoms with Crippen LogP contribution in [0.1, 0.15) is 43.6 Å². The molecule has 2 rings (SSSR count). The van der Waals surface area contributed by atoms with Gasteiger partial charge in [0, 0.05) is 31.2 Å². The molecule has 1 heterocycles. The van der Waals surface area contributed by atoms with Gasteiger partial charge in [-0.2, -0.15) is 0 Å². The van der Waals surface area contributed by atoms with Crippen LogP contribution in [0.5, 0.6) is 0 Å². The van der Waals surface area contributed by atoms with E-state index in [2.05, 4.69) is 41.7 Å². The number of hydrogen-bond acceptors (Lipinski definition) is 3. The molecule has 1 unspecified atom stereocenters. The summed E-state index contributed by atoms with van der Waals surface area (Å²) in [7, 11) is 0. The number of piperazine rings is 1. The summed E-state index contributed by atoms with van der Waals surface area (Å²) in [6, 6.07) is 7.75. The first kappa shape index (κ1) is 24.2. The number of aliphatic imine (C=N–C) groups is 1. The molecule has 28 heavy (non-hydrogen) atoms. The zero-order chi connectivity index (χ0) is 19.8. The summed E-state index contributed by atoms with van der Waals surface area (Å²) in [5.41, 5.74) is 1.62. The maximum absolute atomic E-state index is 12.5. The minimum atomic E-state index is -0.111. The monoisotopic (exact) mass is 501 g/mol. The van der Waals surface area contributed by atoms with E-state index < -0.39 is 0 Å². The number of nitrogens with one attached hydrogen (secondary N) is 3. The van der Waals surface area contributed by atoms with Crippen LogP contribution in [-0.4, -0.2) is 54.9 Å². The average molecular weight is 501 g/mol. The van der Waals surface area contributed by atoms with Gasteiger partial charge in [-0.3, -0.25) is 9.59 Å². The van der Waals surface area contributed by atoms with Gasteiger partial charge in [-0.05, 0) is 37.5 Å². The molecule has 0 bridgehead atoms. The summed E-state index contributed by atoms with van der Waals surface area (Å²) in [4.78, 5) is 30.1. The van der Waals surface area contributed by atoms with Crippen molar-refractivity contribution in [3.63, 3.8) is 0 Å². The molecule has 156 valence electrons. The van der Waals surface area contributed by atoms with E-state index in [4.69, 9.17) is 0 Å². The van der Waals surface area contributed by atoms with E-state index >= 15 is 0 Å². The normalized spacial score (nSPS) is 15.5. The van der Waals surface area contributed by atoms with Gasteiger partial charge in [-0.15, -0.1) is 24.0 Å². The van der Waals surface area contributed by atoms with Crippen LogP contribution in [0.25, 0.3) is 0 Å². The van der Waals surface area contributed by atoms with Gasteiger partial charge in [0.2, 0.25) is 5.91 Å². The van der Waals surface area contributed by atoms with Crippen molar-refractivity contribution in [3.05, 3.63) is 35.4 Å². The van der Waals surface area contributed by atoms with E-state index in [9.17, 15) is 9.59 Å². The number of guanidine groups is 1. The fourth-order valence-electron chi connectivity index (χ4n) is 2.62. The highest BCUT2D eigenvalue weighted by atomic mass is 127. The third-order valence-electron chi connectivity index (χ3n) is 4.65. The van der Waals surface area contributed by atoms with Crippen LogP contribution < -0.4 is 16.0 Å². The van der Waals surface area contributed by atoms with Gasteiger partial charge in [-0.25, -0.2) is 4.99 Å². The Bertz CT molecular complexity index is 676. The second-order valence-electron chi connectivity index (χ2n) is 7.15. The maximum Gasteiger partial charge on any atom is 0.254 e. The average Bonchev–Trinajstić information content (AvgIpc) is 2.66. The van der Waals surface area contributed by atoms with Gasteiger partial charge < -0.3 is 20.9 Å². The Morgan fingerprint density at radius 1 is 1.25 bits per heavy atom. The Hall–Kier alpha value is -1.84. The molecule has 0 aromatic heterocycles. The predicted molar refractivity (Wildman–Crippen MR) is 123 cm³/mol. The Labute approximate surface area is 184 Å².